The fourth-order valence-corrected chi connectivity index (χ4v) is 3.18. The number of hydrogen-bond donors (Lipinski definition) is 1. The molecule has 6 heteroatoms. The fraction of sp³-hybridized carbons (Fsp3) is 0.375. The van der Waals surface area contributed by atoms with Gasteiger partial charge in [0.05, 0.1) is 17.1 Å². The van der Waals surface area contributed by atoms with Gasteiger partial charge in [-0.15, -0.1) is 0 Å². The Kier molecular flexibility index (Phi) is 4.20. The molecule has 0 aliphatic carbocycles. The Balaban J connectivity index is 1.67. The van der Waals surface area contributed by atoms with E-state index in [1.807, 2.05) is 43.0 Å². The molecule has 2 heterocycles. The molecule has 116 valence electrons. The summed E-state index contributed by atoms with van der Waals surface area (Å²) in [6.45, 7) is 7.19. The van der Waals surface area contributed by atoms with Gasteiger partial charge in [-0.25, -0.2) is 0 Å². The second kappa shape index (κ2) is 6.12. The number of amides is 1. The number of H-pyrrole nitrogens is 1. The second-order valence-electron chi connectivity index (χ2n) is 5.57. The summed E-state index contributed by atoms with van der Waals surface area (Å²) in [7, 11) is 0. The number of nitrogens with one attached hydrogen (secondary N) is 1. The molecule has 0 radical (unpaired) electrons. The minimum atomic E-state index is 0.104. The van der Waals surface area contributed by atoms with Crippen LogP contribution in [0.4, 0.5) is 5.69 Å². The first-order valence-electron chi connectivity index (χ1n) is 7.37. The number of piperazine rings is 1. The van der Waals surface area contributed by atoms with Gasteiger partial charge in [0.25, 0.3) is 5.91 Å². The number of carbonyl (C=O) groups excluding carboxylic acids is 1. The van der Waals surface area contributed by atoms with Crippen LogP contribution in [-0.4, -0.2) is 47.2 Å². The third kappa shape index (κ3) is 2.88. The molecule has 1 aliphatic heterocycles. The van der Waals surface area contributed by atoms with Gasteiger partial charge >= 0.3 is 0 Å². The van der Waals surface area contributed by atoms with Crippen LogP contribution in [0.3, 0.4) is 0 Å². The molecule has 1 saturated heterocycles. The van der Waals surface area contributed by atoms with Crippen LogP contribution in [-0.2, 0) is 0 Å². The molecule has 1 amide bonds. The van der Waals surface area contributed by atoms with Gasteiger partial charge in [0.2, 0.25) is 0 Å². The number of anilines is 1. The summed E-state index contributed by atoms with van der Waals surface area (Å²) in [6, 6.07) is 7.54. The summed E-state index contributed by atoms with van der Waals surface area (Å²) >= 11 is 3.39. The number of nitrogens with zero attached hydrogens (tertiary/aromatic N) is 3. The summed E-state index contributed by atoms with van der Waals surface area (Å²) in [5.41, 5.74) is 4.03. The number of aryl methyl sites for hydroxylation is 2. The lowest BCUT2D eigenvalue weighted by atomic mass is 10.1. The average Bonchev–Trinajstić information content (AvgIpc) is 2.86. The summed E-state index contributed by atoms with van der Waals surface area (Å²) < 4.78 is 0.986. The standard InChI is InChI=1S/C16H19BrN4O/c1-11-15(12(2)19-18-11)20-7-9-21(10-8-20)16(22)13-3-5-14(17)6-4-13/h3-6H,7-10H2,1-2H3,(H,18,19). The Morgan fingerprint density at radius 3 is 2.32 bits per heavy atom. The van der Waals surface area contributed by atoms with Crippen molar-refractivity contribution in [2.24, 2.45) is 0 Å². The van der Waals surface area contributed by atoms with Crippen molar-refractivity contribution in [2.75, 3.05) is 31.1 Å². The minimum Gasteiger partial charge on any atom is -0.365 e. The van der Waals surface area contributed by atoms with E-state index in [0.717, 1.165) is 47.6 Å². The van der Waals surface area contributed by atoms with Gasteiger partial charge < -0.3 is 9.80 Å². The van der Waals surface area contributed by atoms with E-state index >= 15 is 0 Å². The van der Waals surface area contributed by atoms with Crippen LogP contribution in [0, 0.1) is 13.8 Å². The van der Waals surface area contributed by atoms with Crippen molar-refractivity contribution < 1.29 is 4.79 Å². The van der Waals surface area contributed by atoms with Crippen LogP contribution < -0.4 is 4.90 Å². The van der Waals surface area contributed by atoms with E-state index in [1.54, 1.807) is 0 Å². The van der Waals surface area contributed by atoms with Crippen LogP contribution in [0.25, 0.3) is 0 Å². The number of aromatic amines is 1. The van der Waals surface area contributed by atoms with Crippen LogP contribution in [0.5, 0.6) is 0 Å². The Labute approximate surface area is 138 Å². The number of halogens is 1. The van der Waals surface area contributed by atoms with Gasteiger partial charge in [-0.2, -0.15) is 5.10 Å². The van der Waals surface area contributed by atoms with Crippen LogP contribution in [0.2, 0.25) is 0 Å². The number of aromatic nitrogens is 2. The summed E-state index contributed by atoms with van der Waals surface area (Å²) in [5.74, 6) is 0.104. The zero-order valence-electron chi connectivity index (χ0n) is 12.8. The Hall–Kier alpha value is -1.82. The lowest BCUT2D eigenvalue weighted by Gasteiger charge is -2.36. The molecule has 22 heavy (non-hydrogen) atoms. The van der Waals surface area contributed by atoms with E-state index in [9.17, 15) is 4.79 Å². The highest BCUT2D eigenvalue weighted by molar-refractivity contribution is 9.10. The Morgan fingerprint density at radius 2 is 1.77 bits per heavy atom. The van der Waals surface area contributed by atoms with Crippen molar-refractivity contribution in [1.82, 2.24) is 15.1 Å². The van der Waals surface area contributed by atoms with Crippen molar-refractivity contribution in [3.05, 3.63) is 45.7 Å². The molecule has 1 aromatic heterocycles. The Bertz CT molecular complexity index is 652. The molecule has 1 aromatic carbocycles. The van der Waals surface area contributed by atoms with Crippen LogP contribution >= 0.6 is 15.9 Å². The topological polar surface area (TPSA) is 52.2 Å². The largest absolute Gasteiger partial charge is 0.365 e. The highest BCUT2D eigenvalue weighted by Crippen LogP contribution is 2.23. The molecular weight excluding hydrogens is 344 g/mol. The molecule has 0 saturated carbocycles. The van der Waals surface area contributed by atoms with E-state index in [-0.39, 0.29) is 5.91 Å². The third-order valence-corrected chi connectivity index (χ3v) is 4.59. The van der Waals surface area contributed by atoms with Gasteiger partial charge in [0, 0.05) is 36.2 Å². The molecule has 3 rings (SSSR count). The maximum Gasteiger partial charge on any atom is 0.253 e. The van der Waals surface area contributed by atoms with E-state index in [0.29, 0.717) is 0 Å². The molecular formula is C16H19BrN4O. The van der Waals surface area contributed by atoms with E-state index in [2.05, 4.69) is 31.0 Å². The van der Waals surface area contributed by atoms with Gasteiger partial charge in [0.15, 0.2) is 0 Å². The molecule has 5 nitrogen and oxygen atoms in total. The summed E-state index contributed by atoms with van der Waals surface area (Å²) in [4.78, 5) is 16.7. The first-order chi connectivity index (χ1) is 10.6. The summed E-state index contributed by atoms with van der Waals surface area (Å²) in [6.07, 6.45) is 0. The smallest absolute Gasteiger partial charge is 0.253 e. The zero-order chi connectivity index (χ0) is 15.7. The number of rotatable bonds is 2. The maximum absolute atomic E-state index is 12.5. The fourth-order valence-electron chi connectivity index (χ4n) is 2.92. The van der Waals surface area contributed by atoms with Crippen LogP contribution in [0.1, 0.15) is 21.7 Å². The molecule has 1 fully saturated rings. The number of carbonyl (C=O) groups is 1. The second-order valence-corrected chi connectivity index (χ2v) is 6.48. The SMILES string of the molecule is Cc1n[nH]c(C)c1N1CCN(C(=O)c2ccc(Br)cc2)CC1. The Morgan fingerprint density at radius 1 is 1.14 bits per heavy atom. The van der Waals surface area contributed by atoms with Crippen LogP contribution in [0.15, 0.2) is 28.7 Å². The van der Waals surface area contributed by atoms with Crippen molar-refractivity contribution in [3.63, 3.8) is 0 Å². The van der Waals surface area contributed by atoms with Gasteiger partial charge in [-0.3, -0.25) is 9.89 Å². The van der Waals surface area contributed by atoms with Gasteiger partial charge in [-0.05, 0) is 38.1 Å². The lowest BCUT2D eigenvalue weighted by molar-refractivity contribution is 0.0747. The summed E-state index contributed by atoms with van der Waals surface area (Å²) in [5, 5.41) is 7.27. The molecule has 0 spiro atoms. The molecule has 2 aromatic rings. The lowest BCUT2D eigenvalue weighted by Crippen LogP contribution is -2.49. The van der Waals surface area contributed by atoms with Crippen molar-refractivity contribution in [2.45, 2.75) is 13.8 Å². The number of benzene rings is 1. The number of hydrogen-bond acceptors (Lipinski definition) is 3. The van der Waals surface area contributed by atoms with Crippen molar-refractivity contribution in [1.29, 1.82) is 0 Å². The molecule has 0 unspecified atom stereocenters. The minimum absolute atomic E-state index is 0.104. The van der Waals surface area contributed by atoms with Gasteiger partial charge in [0.1, 0.15) is 0 Å². The van der Waals surface area contributed by atoms with Crippen molar-refractivity contribution in [3.8, 4) is 0 Å². The molecule has 1 aliphatic rings. The highest BCUT2D eigenvalue weighted by Gasteiger charge is 2.24. The molecule has 0 bridgehead atoms. The van der Waals surface area contributed by atoms with Gasteiger partial charge in [-0.1, -0.05) is 15.9 Å². The molecule has 1 N–H and O–H groups in total. The predicted molar refractivity (Wildman–Crippen MR) is 90.3 cm³/mol. The average molecular weight is 363 g/mol. The quantitative estimate of drug-likeness (QED) is 0.893. The van der Waals surface area contributed by atoms with E-state index in [4.69, 9.17) is 0 Å². The normalized spacial score (nSPS) is 15.2. The van der Waals surface area contributed by atoms with E-state index < -0.39 is 0 Å². The van der Waals surface area contributed by atoms with E-state index in [1.165, 1.54) is 5.69 Å². The predicted octanol–water partition coefficient (Wildman–Crippen LogP) is 2.75. The maximum atomic E-state index is 12.5. The van der Waals surface area contributed by atoms with Crippen molar-refractivity contribution >= 4 is 27.5 Å². The first-order valence-corrected chi connectivity index (χ1v) is 8.17. The molecule has 0 atom stereocenters. The zero-order valence-corrected chi connectivity index (χ0v) is 14.4. The third-order valence-electron chi connectivity index (χ3n) is 4.06. The highest BCUT2D eigenvalue weighted by atomic mass is 79.9. The monoisotopic (exact) mass is 362 g/mol. The first kappa shape index (κ1) is 15.1.